The van der Waals surface area contributed by atoms with Gasteiger partial charge in [-0.25, -0.2) is 4.98 Å². The molecule has 0 saturated carbocycles. The van der Waals surface area contributed by atoms with E-state index in [-0.39, 0.29) is 5.56 Å². The minimum atomic E-state index is -0.127. The Morgan fingerprint density at radius 1 is 1.10 bits per heavy atom. The van der Waals surface area contributed by atoms with Gasteiger partial charge in [-0.15, -0.1) is 0 Å². The molecule has 0 spiro atoms. The van der Waals surface area contributed by atoms with E-state index in [0.717, 1.165) is 35.1 Å². The molecule has 0 atom stereocenters. The Hall–Kier alpha value is -2.56. The summed E-state index contributed by atoms with van der Waals surface area (Å²) in [5.41, 5.74) is 3.13. The normalized spacial score (nSPS) is 10.8. The van der Waals surface area contributed by atoms with Gasteiger partial charge in [-0.3, -0.25) is 14.8 Å². The van der Waals surface area contributed by atoms with E-state index in [1.807, 2.05) is 18.2 Å². The molecule has 0 aliphatic heterocycles. The number of aromatic nitrogens is 4. The maximum Gasteiger partial charge on any atom is 0.251 e. The molecule has 0 aliphatic rings. The van der Waals surface area contributed by atoms with Crippen LogP contribution >= 0.6 is 0 Å². The van der Waals surface area contributed by atoms with E-state index in [2.05, 4.69) is 26.9 Å². The zero-order valence-electron chi connectivity index (χ0n) is 11.1. The van der Waals surface area contributed by atoms with Crippen molar-refractivity contribution in [3.05, 3.63) is 52.7 Å². The zero-order valence-corrected chi connectivity index (χ0v) is 11.1. The summed E-state index contributed by atoms with van der Waals surface area (Å²) >= 11 is 0. The highest BCUT2D eigenvalue weighted by Crippen LogP contribution is 2.18. The molecule has 1 aromatic carbocycles. The molecule has 2 aromatic heterocycles. The third-order valence-corrected chi connectivity index (χ3v) is 3.04. The fourth-order valence-electron chi connectivity index (χ4n) is 2.14. The van der Waals surface area contributed by atoms with Crippen LogP contribution in [0.25, 0.3) is 22.4 Å². The fraction of sp³-hybridized carbons (Fsp3) is 0.200. The van der Waals surface area contributed by atoms with Gasteiger partial charge >= 0.3 is 0 Å². The number of aromatic amines is 1. The summed E-state index contributed by atoms with van der Waals surface area (Å²) in [7, 11) is 0. The fourth-order valence-corrected chi connectivity index (χ4v) is 2.14. The van der Waals surface area contributed by atoms with Gasteiger partial charge in [-0.05, 0) is 24.6 Å². The lowest BCUT2D eigenvalue weighted by Gasteiger charge is -2.04. The molecule has 0 fully saturated rings. The second kappa shape index (κ2) is 5.21. The van der Waals surface area contributed by atoms with Crippen LogP contribution in [-0.4, -0.2) is 19.9 Å². The van der Waals surface area contributed by atoms with Gasteiger partial charge in [0.1, 0.15) is 5.82 Å². The summed E-state index contributed by atoms with van der Waals surface area (Å²) in [6.07, 6.45) is 5.06. The number of hydrogen-bond acceptors (Lipinski definition) is 4. The van der Waals surface area contributed by atoms with Gasteiger partial charge in [0.25, 0.3) is 5.56 Å². The summed E-state index contributed by atoms with van der Waals surface area (Å²) in [6.45, 7) is 2.06. The van der Waals surface area contributed by atoms with Crippen LogP contribution in [0.4, 0.5) is 0 Å². The Balaban J connectivity index is 2.12. The number of nitrogens with zero attached hydrogens (tertiary/aromatic N) is 3. The molecular formula is C15H14N4O. The van der Waals surface area contributed by atoms with E-state index in [9.17, 15) is 4.79 Å². The molecule has 0 unspecified atom stereocenters. The van der Waals surface area contributed by atoms with Crippen molar-refractivity contribution in [1.29, 1.82) is 0 Å². The van der Waals surface area contributed by atoms with Crippen LogP contribution in [0.2, 0.25) is 0 Å². The lowest BCUT2D eigenvalue weighted by molar-refractivity contribution is 0.870. The molecule has 0 radical (unpaired) electrons. The third kappa shape index (κ3) is 2.42. The molecule has 1 N–H and O–H groups in total. The number of nitrogens with one attached hydrogen (secondary N) is 1. The second-order valence-corrected chi connectivity index (χ2v) is 4.60. The molecule has 5 nitrogen and oxygen atoms in total. The van der Waals surface area contributed by atoms with Crippen molar-refractivity contribution < 1.29 is 0 Å². The molecular weight excluding hydrogens is 252 g/mol. The van der Waals surface area contributed by atoms with Gasteiger partial charge < -0.3 is 4.98 Å². The lowest BCUT2D eigenvalue weighted by atomic mass is 10.1. The van der Waals surface area contributed by atoms with Crippen LogP contribution in [0.15, 0.2) is 41.5 Å². The summed E-state index contributed by atoms with van der Waals surface area (Å²) in [5.74, 6) is 0.577. The van der Waals surface area contributed by atoms with Gasteiger partial charge in [-0.1, -0.05) is 13.3 Å². The average molecular weight is 266 g/mol. The van der Waals surface area contributed by atoms with Gasteiger partial charge in [0.2, 0.25) is 0 Å². The first-order chi connectivity index (χ1) is 9.76. The SMILES string of the molecule is CCCc1cc(=O)[nH]c(-c2ccc3nccnc3c2)n1. The highest BCUT2D eigenvalue weighted by Gasteiger charge is 2.05. The van der Waals surface area contributed by atoms with E-state index in [0.29, 0.717) is 5.82 Å². The van der Waals surface area contributed by atoms with Gasteiger partial charge in [0.15, 0.2) is 0 Å². The Kier molecular flexibility index (Phi) is 3.25. The number of rotatable bonds is 3. The van der Waals surface area contributed by atoms with E-state index in [1.54, 1.807) is 18.5 Å². The summed E-state index contributed by atoms with van der Waals surface area (Å²) in [4.78, 5) is 27.5. The lowest BCUT2D eigenvalue weighted by Crippen LogP contribution is -2.10. The van der Waals surface area contributed by atoms with Crippen molar-refractivity contribution in [2.75, 3.05) is 0 Å². The van der Waals surface area contributed by atoms with Crippen molar-refractivity contribution in [3.63, 3.8) is 0 Å². The topological polar surface area (TPSA) is 71.5 Å². The molecule has 20 heavy (non-hydrogen) atoms. The molecule has 0 bridgehead atoms. The molecule has 2 heterocycles. The van der Waals surface area contributed by atoms with Gasteiger partial charge in [0.05, 0.1) is 11.0 Å². The van der Waals surface area contributed by atoms with Gasteiger partial charge in [0, 0.05) is 29.7 Å². The highest BCUT2D eigenvalue weighted by molar-refractivity contribution is 5.79. The first-order valence-corrected chi connectivity index (χ1v) is 6.57. The second-order valence-electron chi connectivity index (χ2n) is 4.60. The quantitative estimate of drug-likeness (QED) is 0.789. The standard InChI is InChI=1S/C15H14N4O/c1-2-3-11-9-14(20)19-15(18-11)10-4-5-12-13(8-10)17-7-6-16-12/h4-9H,2-3H2,1H3,(H,18,19,20). The Labute approximate surface area is 115 Å². The monoisotopic (exact) mass is 266 g/mol. The molecule has 0 aliphatic carbocycles. The minimum absolute atomic E-state index is 0.127. The first-order valence-electron chi connectivity index (χ1n) is 6.57. The molecule has 0 saturated heterocycles. The average Bonchev–Trinajstić information content (AvgIpc) is 2.46. The van der Waals surface area contributed by atoms with E-state index in [4.69, 9.17) is 0 Å². The highest BCUT2D eigenvalue weighted by atomic mass is 16.1. The van der Waals surface area contributed by atoms with Crippen molar-refractivity contribution in [3.8, 4) is 11.4 Å². The minimum Gasteiger partial charge on any atom is -0.307 e. The third-order valence-electron chi connectivity index (χ3n) is 3.04. The zero-order chi connectivity index (χ0) is 13.9. The number of benzene rings is 1. The summed E-state index contributed by atoms with van der Waals surface area (Å²) in [6, 6.07) is 7.21. The molecule has 5 heteroatoms. The van der Waals surface area contributed by atoms with Crippen LogP contribution in [0.1, 0.15) is 19.0 Å². The van der Waals surface area contributed by atoms with Gasteiger partial charge in [-0.2, -0.15) is 0 Å². The van der Waals surface area contributed by atoms with Crippen LogP contribution < -0.4 is 5.56 Å². The Morgan fingerprint density at radius 2 is 1.90 bits per heavy atom. The molecule has 0 amide bonds. The summed E-state index contributed by atoms with van der Waals surface area (Å²) < 4.78 is 0. The molecule has 100 valence electrons. The van der Waals surface area contributed by atoms with E-state index >= 15 is 0 Å². The maximum absolute atomic E-state index is 11.7. The molecule has 3 aromatic rings. The molecule has 3 rings (SSSR count). The van der Waals surface area contributed by atoms with Crippen LogP contribution in [0.3, 0.4) is 0 Å². The van der Waals surface area contributed by atoms with E-state index in [1.165, 1.54) is 0 Å². The predicted molar refractivity (Wildman–Crippen MR) is 77.4 cm³/mol. The van der Waals surface area contributed by atoms with Crippen molar-refractivity contribution in [2.24, 2.45) is 0 Å². The van der Waals surface area contributed by atoms with Crippen molar-refractivity contribution >= 4 is 11.0 Å². The van der Waals surface area contributed by atoms with Crippen molar-refractivity contribution in [2.45, 2.75) is 19.8 Å². The maximum atomic E-state index is 11.7. The van der Waals surface area contributed by atoms with Crippen molar-refractivity contribution in [1.82, 2.24) is 19.9 Å². The van der Waals surface area contributed by atoms with Crippen LogP contribution in [0, 0.1) is 0 Å². The van der Waals surface area contributed by atoms with Crippen LogP contribution in [-0.2, 0) is 6.42 Å². The number of aryl methyl sites for hydroxylation is 1. The Bertz CT molecular complexity index is 810. The smallest absolute Gasteiger partial charge is 0.251 e. The van der Waals surface area contributed by atoms with Crippen LogP contribution in [0.5, 0.6) is 0 Å². The number of H-pyrrole nitrogens is 1. The Morgan fingerprint density at radius 3 is 2.70 bits per heavy atom. The number of hydrogen-bond donors (Lipinski definition) is 1. The number of fused-ring (bicyclic) bond motifs is 1. The van der Waals surface area contributed by atoms with E-state index < -0.39 is 0 Å². The summed E-state index contributed by atoms with van der Waals surface area (Å²) in [5, 5.41) is 0. The largest absolute Gasteiger partial charge is 0.307 e. The first kappa shape index (κ1) is 12.5. The predicted octanol–water partition coefficient (Wildman–Crippen LogP) is 2.33.